The second kappa shape index (κ2) is 14.6. The molecule has 0 saturated carbocycles. The summed E-state index contributed by atoms with van der Waals surface area (Å²) in [5, 5.41) is 6.67. The predicted octanol–water partition coefficient (Wildman–Crippen LogP) is 3.32. The molecule has 0 aliphatic carbocycles. The number of carbonyl (C=O) groups excluding carboxylic acids is 1. The van der Waals surface area contributed by atoms with Gasteiger partial charge in [0, 0.05) is 65.2 Å². The van der Waals surface area contributed by atoms with Crippen molar-refractivity contribution in [1.82, 2.24) is 10.6 Å². The summed E-state index contributed by atoms with van der Waals surface area (Å²) in [6.45, 7) is 5.68. The normalized spacial score (nSPS) is 17.9. The van der Waals surface area contributed by atoms with Crippen LogP contribution in [0, 0.1) is 5.92 Å². The first kappa shape index (κ1) is 25.9. The topological polar surface area (TPSA) is 75.2 Å². The molecule has 0 unspecified atom stereocenters. The van der Waals surface area contributed by atoms with E-state index < -0.39 is 0 Å². The van der Waals surface area contributed by atoms with Crippen molar-refractivity contribution in [2.75, 3.05) is 51.5 Å². The molecule has 0 aromatic heterocycles. The highest BCUT2D eigenvalue weighted by Gasteiger charge is 2.19. The van der Waals surface area contributed by atoms with E-state index in [2.05, 4.69) is 27.8 Å². The van der Waals surface area contributed by atoms with Gasteiger partial charge in [0.25, 0.3) is 0 Å². The minimum atomic E-state index is 0. The number of aliphatic imine (C=N–C) groups is 1. The number of halogens is 1. The number of nitrogens with one attached hydrogen (secondary N) is 2. The Hall–Kier alpha value is -1.39. The first-order valence-corrected chi connectivity index (χ1v) is 11.3. The lowest BCUT2D eigenvalue weighted by Gasteiger charge is -2.26. The van der Waals surface area contributed by atoms with Crippen molar-refractivity contribution in [3.05, 3.63) is 29.8 Å². The van der Waals surface area contributed by atoms with E-state index in [1.165, 1.54) is 0 Å². The molecule has 31 heavy (non-hydrogen) atoms. The van der Waals surface area contributed by atoms with Crippen LogP contribution in [0.25, 0.3) is 0 Å². The second-order valence-electron chi connectivity index (χ2n) is 8.01. The summed E-state index contributed by atoms with van der Waals surface area (Å²) in [6, 6.07) is 8.21. The first-order chi connectivity index (χ1) is 14.8. The van der Waals surface area contributed by atoms with Crippen LogP contribution in [-0.2, 0) is 20.8 Å². The molecule has 2 aliphatic rings. The van der Waals surface area contributed by atoms with Crippen molar-refractivity contribution in [3.63, 3.8) is 0 Å². The maximum absolute atomic E-state index is 12.1. The zero-order valence-electron chi connectivity index (χ0n) is 18.6. The number of hydrogen-bond donors (Lipinski definition) is 2. The van der Waals surface area contributed by atoms with Gasteiger partial charge in [-0.15, -0.1) is 24.0 Å². The summed E-state index contributed by atoms with van der Waals surface area (Å²) < 4.78 is 11.2. The Balaban J connectivity index is 0.00000341. The highest BCUT2D eigenvalue weighted by molar-refractivity contribution is 14.0. The molecule has 1 aromatic carbocycles. The van der Waals surface area contributed by atoms with Crippen molar-refractivity contribution >= 4 is 41.5 Å². The van der Waals surface area contributed by atoms with E-state index in [1.54, 1.807) is 7.05 Å². The Morgan fingerprint density at radius 2 is 1.97 bits per heavy atom. The number of amides is 1. The molecule has 1 aromatic rings. The first-order valence-electron chi connectivity index (χ1n) is 11.3. The van der Waals surface area contributed by atoms with E-state index in [0.717, 1.165) is 88.8 Å². The summed E-state index contributed by atoms with van der Waals surface area (Å²) >= 11 is 0. The molecule has 2 N–H and O–H groups in total. The predicted molar refractivity (Wildman–Crippen MR) is 135 cm³/mol. The maximum atomic E-state index is 12.1. The van der Waals surface area contributed by atoms with Gasteiger partial charge in [0.1, 0.15) is 0 Å². The van der Waals surface area contributed by atoms with Gasteiger partial charge in [-0.2, -0.15) is 0 Å². The summed E-state index contributed by atoms with van der Waals surface area (Å²) in [5.74, 6) is 1.67. The molecule has 0 atom stereocenters. The monoisotopic (exact) mass is 544 g/mol. The van der Waals surface area contributed by atoms with Crippen molar-refractivity contribution in [2.24, 2.45) is 10.9 Å². The molecule has 2 fully saturated rings. The summed E-state index contributed by atoms with van der Waals surface area (Å²) in [6.07, 6.45) is 5.92. The fraction of sp³-hybridized carbons (Fsp3) is 0.652. The zero-order chi connectivity index (χ0) is 21.0. The minimum absolute atomic E-state index is 0. The maximum Gasteiger partial charge on any atom is 0.226 e. The molecule has 2 heterocycles. The Kier molecular flexibility index (Phi) is 12.2. The van der Waals surface area contributed by atoms with Crippen LogP contribution >= 0.6 is 24.0 Å². The number of nitrogens with zero attached hydrogens (tertiary/aromatic N) is 2. The summed E-state index contributed by atoms with van der Waals surface area (Å²) in [5.41, 5.74) is 2.15. The van der Waals surface area contributed by atoms with Gasteiger partial charge in [0.15, 0.2) is 5.96 Å². The summed E-state index contributed by atoms with van der Waals surface area (Å²) in [7, 11) is 1.78. The Labute approximate surface area is 203 Å². The molecule has 2 aliphatic heterocycles. The molecular formula is C23H37IN4O3. The van der Waals surface area contributed by atoms with Crippen LogP contribution < -0.4 is 15.5 Å². The third kappa shape index (κ3) is 8.94. The fourth-order valence-electron chi connectivity index (χ4n) is 3.82. The quantitative estimate of drug-likeness (QED) is 0.216. The Morgan fingerprint density at radius 1 is 1.19 bits per heavy atom. The van der Waals surface area contributed by atoms with Crippen molar-refractivity contribution in [3.8, 4) is 0 Å². The largest absolute Gasteiger partial charge is 0.381 e. The molecule has 0 bridgehead atoms. The van der Waals surface area contributed by atoms with Crippen molar-refractivity contribution in [1.29, 1.82) is 0 Å². The van der Waals surface area contributed by atoms with Crippen molar-refractivity contribution < 1.29 is 14.3 Å². The third-order valence-corrected chi connectivity index (χ3v) is 5.71. The number of anilines is 1. The van der Waals surface area contributed by atoms with E-state index in [9.17, 15) is 4.79 Å². The lowest BCUT2D eigenvalue weighted by molar-refractivity contribution is -0.119. The van der Waals surface area contributed by atoms with Crippen LogP contribution in [0.5, 0.6) is 0 Å². The Morgan fingerprint density at radius 3 is 2.68 bits per heavy atom. The number of piperidine rings is 1. The molecule has 7 nitrogen and oxygen atoms in total. The van der Waals surface area contributed by atoms with Crippen LogP contribution in [0.1, 0.15) is 44.1 Å². The number of hydrogen-bond acceptors (Lipinski definition) is 4. The number of rotatable bonds is 9. The fourth-order valence-corrected chi connectivity index (χ4v) is 3.82. The van der Waals surface area contributed by atoms with Gasteiger partial charge in [-0.25, -0.2) is 0 Å². The van der Waals surface area contributed by atoms with E-state index in [0.29, 0.717) is 18.9 Å². The second-order valence-corrected chi connectivity index (χ2v) is 8.01. The van der Waals surface area contributed by atoms with Crippen molar-refractivity contribution in [2.45, 2.75) is 45.1 Å². The molecule has 0 spiro atoms. The number of guanidine groups is 1. The lowest BCUT2D eigenvalue weighted by atomic mass is 10.0. The number of carbonyl (C=O) groups is 1. The van der Waals surface area contributed by atoms with Crippen LogP contribution in [-0.4, -0.2) is 58.4 Å². The van der Waals surface area contributed by atoms with Gasteiger partial charge in [0.05, 0.1) is 0 Å². The van der Waals surface area contributed by atoms with Crippen LogP contribution in [0.2, 0.25) is 0 Å². The molecule has 3 rings (SSSR count). The molecule has 0 radical (unpaired) electrons. The molecule has 174 valence electrons. The highest BCUT2D eigenvalue weighted by Crippen LogP contribution is 2.21. The zero-order valence-corrected chi connectivity index (χ0v) is 20.9. The average Bonchev–Trinajstić information content (AvgIpc) is 2.79. The highest BCUT2D eigenvalue weighted by atomic mass is 127. The Bertz CT molecular complexity index is 678. The number of benzene rings is 1. The lowest BCUT2D eigenvalue weighted by Crippen LogP contribution is -2.37. The average molecular weight is 544 g/mol. The van der Waals surface area contributed by atoms with Crippen LogP contribution in [0.15, 0.2) is 29.3 Å². The van der Waals surface area contributed by atoms with Gasteiger partial charge in [-0.05, 0) is 55.7 Å². The van der Waals surface area contributed by atoms with Gasteiger partial charge in [-0.1, -0.05) is 12.1 Å². The smallest absolute Gasteiger partial charge is 0.226 e. The van der Waals surface area contributed by atoms with Gasteiger partial charge >= 0.3 is 0 Å². The minimum Gasteiger partial charge on any atom is -0.381 e. The number of ether oxygens (including phenoxy) is 2. The van der Waals surface area contributed by atoms with Crippen LogP contribution in [0.4, 0.5) is 5.69 Å². The van der Waals surface area contributed by atoms with E-state index in [-0.39, 0.29) is 29.9 Å². The third-order valence-electron chi connectivity index (χ3n) is 5.71. The molecule has 2 saturated heterocycles. The van der Waals surface area contributed by atoms with E-state index in [4.69, 9.17) is 9.47 Å². The van der Waals surface area contributed by atoms with Gasteiger partial charge in [-0.3, -0.25) is 9.79 Å². The molecule has 8 heteroatoms. The molecule has 1 amide bonds. The van der Waals surface area contributed by atoms with Gasteiger partial charge < -0.3 is 25.0 Å². The van der Waals surface area contributed by atoms with E-state index >= 15 is 0 Å². The SMILES string of the molecule is CN=C(NCCCOCC1CCOCC1)NCc1ccc(N2CCCCC2=O)cc1.I. The standard InChI is InChI=1S/C23H36N4O3.HI/c1-24-23(25-12-4-14-30-18-20-10-15-29-16-11-20)26-17-19-6-8-21(9-7-19)27-13-3-2-5-22(27)28;/h6-9,20H,2-5,10-18H2,1H3,(H2,24,25,26);1H. The van der Waals surface area contributed by atoms with E-state index in [1.807, 2.05) is 17.0 Å². The molecular weight excluding hydrogens is 507 g/mol. The summed E-state index contributed by atoms with van der Waals surface area (Å²) in [4.78, 5) is 18.2. The van der Waals surface area contributed by atoms with Gasteiger partial charge in [0.2, 0.25) is 5.91 Å². The van der Waals surface area contributed by atoms with Crippen LogP contribution in [0.3, 0.4) is 0 Å².